The molecule has 0 aliphatic rings. The summed E-state index contributed by atoms with van der Waals surface area (Å²) in [7, 11) is 0. The molecule has 0 bridgehead atoms. The van der Waals surface area contributed by atoms with Crippen LogP contribution in [0.5, 0.6) is 5.75 Å². The number of benzene rings is 2. The largest absolute Gasteiger partial charge is 0.492 e. The summed E-state index contributed by atoms with van der Waals surface area (Å²) >= 11 is 0. The van der Waals surface area contributed by atoms with Gasteiger partial charge in [0, 0.05) is 5.39 Å². The van der Waals surface area contributed by atoms with Crippen molar-refractivity contribution in [2.75, 3.05) is 6.61 Å². The van der Waals surface area contributed by atoms with Crippen LogP contribution in [-0.4, -0.2) is 16.4 Å². The summed E-state index contributed by atoms with van der Waals surface area (Å²) in [5, 5.41) is 5.53. The minimum absolute atomic E-state index is 0.621. The SMILES string of the molecule is c1ccc(OCCn2ncc3ccccc32)cc1. The number of aromatic nitrogens is 2. The Morgan fingerprint density at radius 3 is 2.61 bits per heavy atom. The fourth-order valence-corrected chi connectivity index (χ4v) is 1.97. The van der Waals surface area contributed by atoms with Crippen LogP contribution in [0.4, 0.5) is 0 Å². The van der Waals surface area contributed by atoms with Crippen LogP contribution in [0.1, 0.15) is 0 Å². The normalized spacial score (nSPS) is 10.7. The minimum Gasteiger partial charge on any atom is -0.492 e. The first-order valence-corrected chi connectivity index (χ1v) is 6.02. The summed E-state index contributed by atoms with van der Waals surface area (Å²) in [5.41, 5.74) is 1.15. The van der Waals surface area contributed by atoms with E-state index in [1.807, 2.05) is 53.3 Å². The van der Waals surface area contributed by atoms with Crippen molar-refractivity contribution in [3.8, 4) is 5.75 Å². The fraction of sp³-hybridized carbons (Fsp3) is 0.133. The van der Waals surface area contributed by atoms with E-state index in [0.29, 0.717) is 6.61 Å². The van der Waals surface area contributed by atoms with Crippen molar-refractivity contribution in [3.05, 3.63) is 60.8 Å². The van der Waals surface area contributed by atoms with E-state index in [1.165, 1.54) is 0 Å². The molecule has 1 heterocycles. The first-order valence-electron chi connectivity index (χ1n) is 6.02. The van der Waals surface area contributed by atoms with Crippen LogP contribution in [0, 0.1) is 0 Å². The van der Waals surface area contributed by atoms with Gasteiger partial charge in [0.2, 0.25) is 0 Å². The van der Waals surface area contributed by atoms with Gasteiger partial charge in [-0.1, -0.05) is 36.4 Å². The average Bonchev–Trinajstić information content (AvgIpc) is 2.84. The second-order valence-corrected chi connectivity index (χ2v) is 4.09. The summed E-state index contributed by atoms with van der Waals surface area (Å²) in [6.45, 7) is 1.37. The molecule has 0 spiro atoms. The molecule has 0 saturated heterocycles. The van der Waals surface area contributed by atoms with Crippen molar-refractivity contribution in [2.24, 2.45) is 0 Å². The Morgan fingerprint density at radius 1 is 0.944 bits per heavy atom. The topological polar surface area (TPSA) is 27.1 Å². The Morgan fingerprint density at radius 2 is 1.72 bits per heavy atom. The van der Waals surface area contributed by atoms with Gasteiger partial charge in [0.1, 0.15) is 12.4 Å². The maximum absolute atomic E-state index is 5.67. The Bertz CT molecular complexity index is 631. The van der Waals surface area contributed by atoms with E-state index in [-0.39, 0.29) is 0 Å². The van der Waals surface area contributed by atoms with Gasteiger partial charge in [-0.2, -0.15) is 5.10 Å². The Hall–Kier alpha value is -2.29. The van der Waals surface area contributed by atoms with Gasteiger partial charge in [-0.25, -0.2) is 0 Å². The van der Waals surface area contributed by atoms with Crippen LogP contribution in [0.2, 0.25) is 0 Å². The molecule has 3 aromatic rings. The number of fused-ring (bicyclic) bond motifs is 1. The van der Waals surface area contributed by atoms with Crippen LogP contribution in [0.15, 0.2) is 60.8 Å². The Labute approximate surface area is 106 Å². The lowest BCUT2D eigenvalue weighted by Gasteiger charge is -2.06. The molecule has 0 amide bonds. The molecule has 2 aromatic carbocycles. The molecular formula is C15H14N2O. The number of nitrogens with zero attached hydrogens (tertiary/aromatic N) is 2. The van der Waals surface area contributed by atoms with Crippen molar-refractivity contribution in [2.45, 2.75) is 6.54 Å². The molecule has 90 valence electrons. The zero-order valence-electron chi connectivity index (χ0n) is 9.99. The fourth-order valence-electron chi connectivity index (χ4n) is 1.97. The van der Waals surface area contributed by atoms with E-state index in [1.54, 1.807) is 0 Å². The highest BCUT2D eigenvalue weighted by Crippen LogP contribution is 2.13. The van der Waals surface area contributed by atoms with Gasteiger partial charge in [-0.3, -0.25) is 4.68 Å². The van der Waals surface area contributed by atoms with Gasteiger partial charge in [-0.05, 0) is 18.2 Å². The van der Waals surface area contributed by atoms with E-state index in [0.717, 1.165) is 23.2 Å². The smallest absolute Gasteiger partial charge is 0.119 e. The zero-order valence-corrected chi connectivity index (χ0v) is 9.99. The van der Waals surface area contributed by atoms with Gasteiger partial charge < -0.3 is 4.74 Å². The van der Waals surface area contributed by atoms with Gasteiger partial charge >= 0.3 is 0 Å². The van der Waals surface area contributed by atoms with Crippen molar-refractivity contribution in [3.63, 3.8) is 0 Å². The van der Waals surface area contributed by atoms with Gasteiger partial charge in [0.05, 0.1) is 18.3 Å². The number of ether oxygens (including phenoxy) is 1. The highest BCUT2D eigenvalue weighted by atomic mass is 16.5. The van der Waals surface area contributed by atoms with E-state index in [4.69, 9.17) is 4.74 Å². The van der Waals surface area contributed by atoms with Crippen LogP contribution < -0.4 is 4.74 Å². The third kappa shape index (κ3) is 2.20. The third-order valence-electron chi connectivity index (χ3n) is 2.87. The summed E-state index contributed by atoms with van der Waals surface area (Å²) < 4.78 is 7.64. The number of hydrogen-bond donors (Lipinski definition) is 0. The van der Waals surface area contributed by atoms with Crippen LogP contribution >= 0.6 is 0 Å². The molecule has 1 aromatic heterocycles. The predicted molar refractivity (Wildman–Crippen MR) is 71.7 cm³/mol. The van der Waals surface area contributed by atoms with Gasteiger partial charge in [0.25, 0.3) is 0 Å². The lowest BCUT2D eigenvalue weighted by molar-refractivity contribution is 0.294. The molecule has 3 heteroatoms. The first kappa shape index (κ1) is 10.8. The molecule has 0 radical (unpaired) electrons. The zero-order chi connectivity index (χ0) is 12.2. The lowest BCUT2D eigenvalue weighted by Crippen LogP contribution is -2.09. The summed E-state index contributed by atoms with van der Waals surface area (Å²) in [6, 6.07) is 18.0. The second kappa shape index (κ2) is 4.92. The van der Waals surface area contributed by atoms with Gasteiger partial charge in [0.15, 0.2) is 0 Å². The molecule has 0 aliphatic heterocycles. The molecule has 0 saturated carbocycles. The number of para-hydroxylation sites is 2. The minimum atomic E-state index is 0.621. The quantitative estimate of drug-likeness (QED) is 0.698. The van der Waals surface area contributed by atoms with Crippen molar-refractivity contribution in [1.82, 2.24) is 9.78 Å². The van der Waals surface area contributed by atoms with Crippen molar-refractivity contribution >= 4 is 10.9 Å². The van der Waals surface area contributed by atoms with Crippen molar-refractivity contribution in [1.29, 1.82) is 0 Å². The van der Waals surface area contributed by atoms with Gasteiger partial charge in [-0.15, -0.1) is 0 Å². The summed E-state index contributed by atoms with van der Waals surface area (Å²) in [5.74, 6) is 0.897. The van der Waals surface area contributed by atoms with E-state index in [2.05, 4.69) is 17.2 Å². The molecule has 3 nitrogen and oxygen atoms in total. The highest BCUT2D eigenvalue weighted by molar-refractivity contribution is 5.78. The standard InChI is InChI=1S/C15H14N2O/c1-2-7-14(8-3-1)18-11-10-17-15-9-5-4-6-13(15)12-16-17/h1-9,12H,10-11H2. The van der Waals surface area contributed by atoms with E-state index in [9.17, 15) is 0 Å². The van der Waals surface area contributed by atoms with Crippen LogP contribution in [-0.2, 0) is 6.54 Å². The van der Waals surface area contributed by atoms with Crippen molar-refractivity contribution < 1.29 is 4.74 Å². The molecule has 0 atom stereocenters. The molecule has 3 rings (SSSR count). The number of hydrogen-bond acceptors (Lipinski definition) is 2. The predicted octanol–water partition coefficient (Wildman–Crippen LogP) is 3.12. The lowest BCUT2D eigenvalue weighted by atomic mass is 10.3. The van der Waals surface area contributed by atoms with E-state index >= 15 is 0 Å². The number of rotatable bonds is 4. The molecule has 0 aliphatic carbocycles. The van der Waals surface area contributed by atoms with Crippen LogP contribution in [0.25, 0.3) is 10.9 Å². The second-order valence-electron chi connectivity index (χ2n) is 4.09. The summed E-state index contributed by atoms with van der Waals surface area (Å²) in [4.78, 5) is 0. The maximum atomic E-state index is 5.67. The van der Waals surface area contributed by atoms with E-state index < -0.39 is 0 Å². The highest BCUT2D eigenvalue weighted by Gasteiger charge is 2.01. The molecule has 0 N–H and O–H groups in total. The molecule has 0 unspecified atom stereocenters. The third-order valence-corrected chi connectivity index (χ3v) is 2.87. The molecule has 0 fully saturated rings. The Kier molecular flexibility index (Phi) is 2.96. The Balaban J connectivity index is 1.67. The van der Waals surface area contributed by atoms with Crippen LogP contribution in [0.3, 0.4) is 0 Å². The monoisotopic (exact) mass is 238 g/mol. The first-order chi connectivity index (χ1) is 8.93. The molecular weight excluding hydrogens is 224 g/mol. The summed E-state index contributed by atoms with van der Waals surface area (Å²) in [6.07, 6.45) is 1.89. The maximum Gasteiger partial charge on any atom is 0.119 e. The molecule has 18 heavy (non-hydrogen) atoms. The average molecular weight is 238 g/mol.